The van der Waals surface area contributed by atoms with Gasteiger partial charge in [-0.25, -0.2) is 0 Å². The molecular formula is C22H33N3O12. The van der Waals surface area contributed by atoms with Crippen molar-refractivity contribution in [2.24, 2.45) is 0 Å². The monoisotopic (exact) mass is 531 g/mol. The summed E-state index contributed by atoms with van der Waals surface area (Å²) >= 11 is 0. The van der Waals surface area contributed by atoms with Gasteiger partial charge in [0.25, 0.3) is 5.69 Å². The molecule has 0 spiro atoms. The van der Waals surface area contributed by atoms with Crippen LogP contribution in [0.1, 0.15) is 18.6 Å². The Bertz CT molecular complexity index is 910. The predicted molar refractivity (Wildman–Crippen MR) is 127 cm³/mol. The standard InChI is InChI=1S/C22H33N3O12/c1-4-23(11-20(26)27)5-7-36-14-19(37-8-6-24(12-21(28)29)13-22(30)31)15-9-17(34-2)18(35-3)10-16(15)25(32)33/h9-10,19H,4-8,11-14H2,1-3H3,(H,26,27)(H,28,29)(H,30,31). The summed E-state index contributed by atoms with van der Waals surface area (Å²) in [4.78, 5) is 47.0. The molecule has 0 bridgehead atoms. The van der Waals surface area contributed by atoms with E-state index in [9.17, 15) is 24.5 Å². The molecule has 208 valence electrons. The van der Waals surface area contributed by atoms with Crippen molar-refractivity contribution in [1.82, 2.24) is 9.80 Å². The van der Waals surface area contributed by atoms with E-state index in [4.69, 9.17) is 34.3 Å². The van der Waals surface area contributed by atoms with E-state index in [0.717, 1.165) is 4.90 Å². The van der Waals surface area contributed by atoms with E-state index >= 15 is 0 Å². The summed E-state index contributed by atoms with van der Waals surface area (Å²) in [5.41, 5.74) is -0.233. The number of hydrogen-bond acceptors (Lipinski definition) is 11. The van der Waals surface area contributed by atoms with E-state index in [1.165, 1.54) is 26.4 Å². The average molecular weight is 532 g/mol. The summed E-state index contributed by atoms with van der Waals surface area (Å²) in [5.74, 6) is -3.11. The molecule has 1 rings (SSSR count). The molecule has 0 aromatic heterocycles. The molecule has 1 atom stereocenters. The number of likely N-dealkylation sites (N-methyl/N-ethyl adjacent to an activating group) is 1. The predicted octanol–water partition coefficient (Wildman–Crippen LogP) is 0.564. The van der Waals surface area contributed by atoms with Gasteiger partial charge in [-0.15, -0.1) is 0 Å². The molecule has 1 unspecified atom stereocenters. The molecule has 0 heterocycles. The highest BCUT2D eigenvalue weighted by atomic mass is 16.6. The van der Waals surface area contributed by atoms with E-state index in [0.29, 0.717) is 6.54 Å². The first-order valence-electron chi connectivity index (χ1n) is 11.2. The first-order chi connectivity index (χ1) is 17.5. The fourth-order valence-corrected chi connectivity index (χ4v) is 3.37. The number of aliphatic carboxylic acids is 3. The number of methoxy groups -OCH3 is 2. The van der Waals surface area contributed by atoms with Crippen molar-refractivity contribution in [3.05, 3.63) is 27.8 Å². The summed E-state index contributed by atoms with van der Waals surface area (Å²) in [6.45, 7) is 0.983. The maximum absolute atomic E-state index is 11.8. The molecule has 0 radical (unpaired) electrons. The van der Waals surface area contributed by atoms with Gasteiger partial charge < -0.3 is 34.3 Å². The minimum absolute atomic E-state index is 0.0849. The molecule has 1 aromatic rings. The highest BCUT2D eigenvalue weighted by Crippen LogP contribution is 2.38. The molecule has 0 saturated carbocycles. The third-order valence-corrected chi connectivity index (χ3v) is 5.15. The summed E-state index contributed by atoms with van der Waals surface area (Å²) < 4.78 is 21.9. The lowest BCUT2D eigenvalue weighted by molar-refractivity contribution is -0.386. The van der Waals surface area contributed by atoms with Crippen molar-refractivity contribution in [2.75, 3.05) is 73.3 Å². The number of carboxylic acid groups (broad SMARTS) is 3. The first-order valence-corrected chi connectivity index (χ1v) is 11.2. The van der Waals surface area contributed by atoms with Crippen LogP contribution in [0.25, 0.3) is 0 Å². The first kappa shape index (κ1) is 31.5. The zero-order valence-electron chi connectivity index (χ0n) is 21.0. The van der Waals surface area contributed by atoms with Gasteiger partial charge in [0.15, 0.2) is 11.5 Å². The molecule has 15 heteroatoms. The Labute approximate surface area is 213 Å². The second-order valence-electron chi connectivity index (χ2n) is 7.72. The van der Waals surface area contributed by atoms with Crippen LogP contribution in [0.2, 0.25) is 0 Å². The Morgan fingerprint density at radius 1 is 0.919 bits per heavy atom. The van der Waals surface area contributed by atoms with Gasteiger partial charge in [-0.05, 0) is 12.6 Å². The smallest absolute Gasteiger partial charge is 0.317 e. The van der Waals surface area contributed by atoms with Gasteiger partial charge in [0.05, 0.1) is 70.2 Å². The van der Waals surface area contributed by atoms with Crippen LogP contribution in [0.3, 0.4) is 0 Å². The zero-order valence-corrected chi connectivity index (χ0v) is 21.0. The maximum atomic E-state index is 11.8. The molecule has 0 amide bonds. The van der Waals surface area contributed by atoms with Crippen LogP contribution < -0.4 is 9.47 Å². The third kappa shape index (κ3) is 11.4. The van der Waals surface area contributed by atoms with Crippen molar-refractivity contribution in [3.63, 3.8) is 0 Å². The van der Waals surface area contributed by atoms with Gasteiger partial charge in [0.1, 0.15) is 6.10 Å². The molecule has 0 aliphatic carbocycles. The Hall–Kier alpha value is -3.53. The number of hydrogen-bond donors (Lipinski definition) is 3. The van der Waals surface area contributed by atoms with Gasteiger partial charge in [-0.1, -0.05) is 6.92 Å². The number of rotatable bonds is 20. The second-order valence-corrected chi connectivity index (χ2v) is 7.72. The van der Waals surface area contributed by atoms with Crippen LogP contribution in [0.15, 0.2) is 12.1 Å². The van der Waals surface area contributed by atoms with E-state index in [1.807, 2.05) is 0 Å². The fourth-order valence-electron chi connectivity index (χ4n) is 3.37. The lowest BCUT2D eigenvalue weighted by Gasteiger charge is -2.23. The van der Waals surface area contributed by atoms with Crippen LogP contribution in [-0.4, -0.2) is 121 Å². The molecule has 37 heavy (non-hydrogen) atoms. The summed E-state index contributed by atoms with van der Waals surface area (Å²) in [6, 6.07) is 2.55. The van der Waals surface area contributed by atoms with Crippen LogP contribution in [0.5, 0.6) is 11.5 Å². The lowest BCUT2D eigenvalue weighted by Crippen LogP contribution is -2.37. The minimum atomic E-state index is -1.22. The number of nitro benzene ring substituents is 1. The van der Waals surface area contributed by atoms with Crippen molar-refractivity contribution in [2.45, 2.75) is 13.0 Å². The van der Waals surface area contributed by atoms with Crippen molar-refractivity contribution in [3.8, 4) is 11.5 Å². The van der Waals surface area contributed by atoms with Gasteiger partial charge in [0, 0.05) is 13.1 Å². The molecule has 0 fully saturated rings. The van der Waals surface area contributed by atoms with Crippen LogP contribution in [0.4, 0.5) is 5.69 Å². The topological polar surface area (TPSA) is 198 Å². The van der Waals surface area contributed by atoms with Gasteiger partial charge in [-0.2, -0.15) is 0 Å². The Kier molecular flexibility index (Phi) is 13.8. The van der Waals surface area contributed by atoms with Crippen molar-refractivity contribution in [1.29, 1.82) is 0 Å². The second kappa shape index (κ2) is 16.3. The van der Waals surface area contributed by atoms with Crippen molar-refractivity contribution >= 4 is 23.6 Å². The molecule has 3 N–H and O–H groups in total. The Morgan fingerprint density at radius 3 is 1.92 bits per heavy atom. The third-order valence-electron chi connectivity index (χ3n) is 5.15. The molecule has 0 aliphatic rings. The van der Waals surface area contributed by atoms with E-state index in [1.54, 1.807) is 11.8 Å². The van der Waals surface area contributed by atoms with Crippen molar-refractivity contribution < 1.29 is 53.6 Å². The average Bonchev–Trinajstić information content (AvgIpc) is 2.82. The van der Waals surface area contributed by atoms with Gasteiger partial charge >= 0.3 is 17.9 Å². The lowest BCUT2D eigenvalue weighted by atomic mass is 10.1. The molecule has 15 nitrogen and oxygen atoms in total. The Balaban J connectivity index is 3.11. The van der Waals surface area contributed by atoms with E-state index in [-0.39, 0.29) is 62.2 Å². The Morgan fingerprint density at radius 2 is 1.43 bits per heavy atom. The van der Waals surface area contributed by atoms with Crippen LogP contribution in [-0.2, 0) is 23.9 Å². The highest BCUT2D eigenvalue weighted by molar-refractivity contribution is 5.72. The molecule has 1 aromatic carbocycles. The fraction of sp³-hybridized carbons (Fsp3) is 0.591. The van der Waals surface area contributed by atoms with Gasteiger partial charge in [-0.3, -0.25) is 34.3 Å². The number of benzene rings is 1. The summed E-state index contributed by atoms with van der Waals surface area (Å²) in [6.07, 6.45) is -1.02. The normalized spacial score (nSPS) is 11.9. The van der Waals surface area contributed by atoms with E-state index < -0.39 is 42.0 Å². The molecule has 0 aliphatic heterocycles. The quantitative estimate of drug-likeness (QED) is 0.120. The number of ether oxygens (including phenoxy) is 4. The molecular weight excluding hydrogens is 498 g/mol. The number of nitro groups is 1. The van der Waals surface area contributed by atoms with Crippen LogP contribution >= 0.6 is 0 Å². The van der Waals surface area contributed by atoms with Crippen LogP contribution in [0, 0.1) is 10.1 Å². The summed E-state index contributed by atoms with van der Waals surface area (Å²) in [7, 11) is 2.69. The maximum Gasteiger partial charge on any atom is 0.317 e. The van der Waals surface area contributed by atoms with E-state index in [2.05, 4.69) is 0 Å². The van der Waals surface area contributed by atoms with Gasteiger partial charge in [0.2, 0.25) is 0 Å². The number of carboxylic acids is 3. The highest BCUT2D eigenvalue weighted by Gasteiger charge is 2.27. The zero-order chi connectivity index (χ0) is 28.0. The minimum Gasteiger partial charge on any atom is -0.493 e. The number of carbonyl (C=O) groups is 3. The largest absolute Gasteiger partial charge is 0.493 e. The summed E-state index contributed by atoms with van der Waals surface area (Å²) in [5, 5.41) is 38.8. The SMILES string of the molecule is CCN(CCOCC(OCCN(CC(=O)O)CC(=O)O)c1cc(OC)c(OC)cc1[N+](=O)[O-])CC(=O)O. The number of nitrogens with zero attached hydrogens (tertiary/aromatic N) is 3. The molecule has 0 saturated heterocycles.